The lowest BCUT2D eigenvalue weighted by molar-refractivity contribution is 0.499. The predicted octanol–water partition coefficient (Wildman–Crippen LogP) is 4.45. The van der Waals surface area contributed by atoms with Crippen molar-refractivity contribution in [2.45, 2.75) is 18.9 Å². The summed E-state index contributed by atoms with van der Waals surface area (Å²) in [5, 5.41) is 4.47. The molecule has 2 rings (SSSR count). The fourth-order valence-electron chi connectivity index (χ4n) is 2.23. The molecule has 1 aromatic carbocycles. The molecule has 19 heavy (non-hydrogen) atoms. The zero-order chi connectivity index (χ0) is 13.8. The molecule has 0 spiro atoms. The Morgan fingerprint density at radius 3 is 2.47 bits per heavy atom. The lowest BCUT2D eigenvalue weighted by Crippen LogP contribution is -2.22. The molecule has 2 atom stereocenters. The van der Waals surface area contributed by atoms with E-state index in [4.69, 9.17) is 23.2 Å². The molecule has 4 heteroatoms. The highest BCUT2D eigenvalue weighted by molar-refractivity contribution is 6.42. The first-order chi connectivity index (χ1) is 9.13. The van der Waals surface area contributed by atoms with E-state index in [1.54, 1.807) is 0 Å². The Hall–Kier alpha value is -1.09. The van der Waals surface area contributed by atoms with E-state index in [1.165, 1.54) is 0 Å². The number of pyridine rings is 1. The van der Waals surface area contributed by atoms with Crippen LogP contribution in [-0.2, 0) is 0 Å². The van der Waals surface area contributed by atoms with E-state index in [2.05, 4.69) is 17.2 Å². The quantitative estimate of drug-likeness (QED) is 0.901. The number of likely N-dealkylation sites (N-methyl/N-ethyl adjacent to an activating group) is 1. The SMILES string of the molecule is CNC(c1ccc(Cl)c(Cl)c1)C(C)c1ccccn1. The summed E-state index contributed by atoms with van der Waals surface area (Å²) in [6.45, 7) is 2.14. The summed E-state index contributed by atoms with van der Waals surface area (Å²) in [6, 6.07) is 11.8. The van der Waals surface area contributed by atoms with Crippen molar-refractivity contribution in [1.29, 1.82) is 0 Å². The molecule has 0 amide bonds. The van der Waals surface area contributed by atoms with Crippen LogP contribution in [0.1, 0.15) is 30.1 Å². The van der Waals surface area contributed by atoms with Crippen molar-refractivity contribution in [3.05, 3.63) is 63.9 Å². The molecule has 0 bridgehead atoms. The molecule has 1 N–H and O–H groups in total. The fraction of sp³-hybridized carbons (Fsp3) is 0.267. The number of hydrogen-bond donors (Lipinski definition) is 1. The van der Waals surface area contributed by atoms with Crippen LogP contribution in [0.5, 0.6) is 0 Å². The summed E-state index contributed by atoms with van der Waals surface area (Å²) in [5.74, 6) is 0.239. The topological polar surface area (TPSA) is 24.9 Å². The molecule has 1 heterocycles. The lowest BCUT2D eigenvalue weighted by Gasteiger charge is -2.24. The summed E-state index contributed by atoms with van der Waals surface area (Å²) < 4.78 is 0. The van der Waals surface area contributed by atoms with Crippen molar-refractivity contribution < 1.29 is 0 Å². The van der Waals surface area contributed by atoms with Crippen LogP contribution in [0.15, 0.2) is 42.6 Å². The van der Waals surface area contributed by atoms with Gasteiger partial charge in [0.2, 0.25) is 0 Å². The number of aromatic nitrogens is 1. The monoisotopic (exact) mass is 294 g/mol. The van der Waals surface area contributed by atoms with E-state index in [9.17, 15) is 0 Å². The smallest absolute Gasteiger partial charge is 0.0595 e. The molecule has 2 nitrogen and oxygen atoms in total. The molecule has 2 aromatic rings. The first kappa shape index (κ1) is 14.3. The third-order valence-electron chi connectivity index (χ3n) is 3.27. The number of rotatable bonds is 4. The highest BCUT2D eigenvalue weighted by Gasteiger charge is 2.20. The van der Waals surface area contributed by atoms with E-state index >= 15 is 0 Å². The van der Waals surface area contributed by atoms with Crippen LogP contribution in [0.3, 0.4) is 0 Å². The van der Waals surface area contributed by atoms with Gasteiger partial charge >= 0.3 is 0 Å². The first-order valence-corrected chi connectivity index (χ1v) is 6.92. The molecule has 0 saturated heterocycles. The number of nitrogens with zero attached hydrogens (tertiary/aromatic N) is 1. The van der Waals surface area contributed by atoms with Crippen LogP contribution in [0.25, 0.3) is 0 Å². The zero-order valence-corrected chi connectivity index (χ0v) is 12.4. The molecule has 0 saturated carbocycles. The summed E-state index contributed by atoms with van der Waals surface area (Å²) in [4.78, 5) is 4.41. The Labute approximate surface area is 123 Å². The normalized spacial score (nSPS) is 14.1. The Balaban J connectivity index is 2.31. The minimum atomic E-state index is 0.143. The van der Waals surface area contributed by atoms with Gasteiger partial charge in [-0.05, 0) is 36.9 Å². The zero-order valence-electron chi connectivity index (χ0n) is 10.9. The van der Waals surface area contributed by atoms with Crippen molar-refractivity contribution in [3.8, 4) is 0 Å². The van der Waals surface area contributed by atoms with Gasteiger partial charge in [-0.2, -0.15) is 0 Å². The van der Waals surface area contributed by atoms with Gasteiger partial charge in [-0.1, -0.05) is 42.3 Å². The summed E-state index contributed by atoms with van der Waals surface area (Å²) in [7, 11) is 1.94. The molecule has 0 aliphatic carbocycles. The Kier molecular flexibility index (Phi) is 4.81. The van der Waals surface area contributed by atoms with Gasteiger partial charge in [-0.25, -0.2) is 0 Å². The highest BCUT2D eigenvalue weighted by atomic mass is 35.5. The van der Waals surface area contributed by atoms with Crippen molar-refractivity contribution in [2.24, 2.45) is 0 Å². The summed E-state index contributed by atoms with van der Waals surface area (Å²) >= 11 is 12.1. The van der Waals surface area contributed by atoms with Gasteiger partial charge in [0.15, 0.2) is 0 Å². The maximum atomic E-state index is 6.09. The molecule has 0 aliphatic heterocycles. The van der Waals surface area contributed by atoms with E-state index in [1.807, 2.05) is 49.6 Å². The molecule has 2 unspecified atom stereocenters. The number of nitrogens with one attached hydrogen (secondary N) is 1. The first-order valence-electron chi connectivity index (χ1n) is 6.16. The van der Waals surface area contributed by atoms with Gasteiger partial charge in [0, 0.05) is 23.9 Å². The van der Waals surface area contributed by atoms with Crippen LogP contribution in [-0.4, -0.2) is 12.0 Å². The van der Waals surface area contributed by atoms with Crippen LogP contribution in [0.2, 0.25) is 10.0 Å². The number of hydrogen-bond acceptors (Lipinski definition) is 2. The van der Waals surface area contributed by atoms with E-state index < -0.39 is 0 Å². The predicted molar refractivity (Wildman–Crippen MR) is 80.9 cm³/mol. The molecular weight excluding hydrogens is 279 g/mol. The molecule has 0 radical (unpaired) electrons. The Morgan fingerprint density at radius 2 is 1.89 bits per heavy atom. The average Bonchev–Trinajstić information content (AvgIpc) is 2.44. The highest BCUT2D eigenvalue weighted by Crippen LogP contribution is 2.32. The van der Waals surface area contributed by atoms with Crippen molar-refractivity contribution in [1.82, 2.24) is 10.3 Å². The van der Waals surface area contributed by atoms with Crippen molar-refractivity contribution >= 4 is 23.2 Å². The third-order valence-corrected chi connectivity index (χ3v) is 4.01. The lowest BCUT2D eigenvalue weighted by atomic mass is 9.91. The summed E-state index contributed by atoms with van der Waals surface area (Å²) in [6.07, 6.45) is 1.81. The minimum absolute atomic E-state index is 0.143. The molecular formula is C15H16Cl2N2. The van der Waals surface area contributed by atoms with Gasteiger partial charge in [0.1, 0.15) is 0 Å². The van der Waals surface area contributed by atoms with Gasteiger partial charge in [-0.3, -0.25) is 4.98 Å². The summed E-state index contributed by atoms with van der Waals surface area (Å²) in [5.41, 5.74) is 2.16. The van der Waals surface area contributed by atoms with E-state index in [0.717, 1.165) is 11.3 Å². The van der Waals surface area contributed by atoms with Crippen LogP contribution in [0, 0.1) is 0 Å². The minimum Gasteiger partial charge on any atom is -0.312 e. The van der Waals surface area contributed by atoms with Gasteiger partial charge in [0.25, 0.3) is 0 Å². The molecule has 0 aliphatic rings. The third kappa shape index (κ3) is 3.27. The van der Waals surface area contributed by atoms with Crippen LogP contribution in [0.4, 0.5) is 0 Å². The van der Waals surface area contributed by atoms with E-state index in [-0.39, 0.29) is 12.0 Å². The average molecular weight is 295 g/mol. The molecule has 100 valence electrons. The maximum Gasteiger partial charge on any atom is 0.0595 e. The second-order valence-electron chi connectivity index (χ2n) is 4.48. The Morgan fingerprint density at radius 1 is 1.11 bits per heavy atom. The second kappa shape index (κ2) is 6.38. The second-order valence-corrected chi connectivity index (χ2v) is 5.30. The largest absolute Gasteiger partial charge is 0.312 e. The number of halogens is 2. The van der Waals surface area contributed by atoms with Gasteiger partial charge in [-0.15, -0.1) is 0 Å². The van der Waals surface area contributed by atoms with Crippen LogP contribution < -0.4 is 5.32 Å². The Bertz CT molecular complexity index is 543. The standard InChI is InChI=1S/C15H16Cl2N2/c1-10(14-5-3-4-8-19-14)15(18-2)11-6-7-12(16)13(17)9-11/h3-10,15,18H,1-2H3. The van der Waals surface area contributed by atoms with Crippen molar-refractivity contribution in [2.75, 3.05) is 7.05 Å². The number of benzene rings is 1. The molecule has 1 aromatic heterocycles. The molecule has 0 fully saturated rings. The van der Waals surface area contributed by atoms with Crippen molar-refractivity contribution in [3.63, 3.8) is 0 Å². The van der Waals surface area contributed by atoms with Gasteiger partial charge in [0.05, 0.1) is 10.0 Å². The van der Waals surface area contributed by atoms with Gasteiger partial charge < -0.3 is 5.32 Å². The maximum absolute atomic E-state index is 6.09. The van der Waals surface area contributed by atoms with E-state index in [0.29, 0.717) is 10.0 Å². The fourth-order valence-corrected chi connectivity index (χ4v) is 2.53. The van der Waals surface area contributed by atoms with Crippen LogP contribution >= 0.6 is 23.2 Å².